The van der Waals surface area contributed by atoms with Gasteiger partial charge in [0.2, 0.25) is 0 Å². The third-order valence-electron chi connectivity index (χ3n) is 6.71. The van der Waals surface area contributed by atoms with Crippen LogP contribution in [0.2, 0.25) is 0 Å². The summed E-state index contributed by atoms with van der Waals surface area (Å²) < 4.78 is 11.7. The first-order valence-corrected chi connectivity index (χ1v) is 13.2. The molecule has 1 unspecified atom stereocenters. The number of hydrogen-bond donors (Lipinski definition) is 1. The molecule has 0 saturated carbocycles. The number of ketones is 1. The Morgan fingerprint density at radius 2 is 1.74 bits per heavy atom. The molecule has 7 nitrogen and oxygen atoms in total. The van der Waals surface area contributed by atoms with Crippen molar-refractivity contribution in [1.29, 1.82) is 0 Å². The van der Waals surface area contributed by atoms with Gasteiger partial charge in [-0.1, -0.05) is 42.5 Å². The number of aliphatic hydroxyl groups is 1. The van der Waals surface area contributed by atoms with Gasteiger partial charge in [-0.25, -0.2) is 0 Å². The molecule has 1 atom stereocenters. The van der Waals surface area contributed by atoms with Crippen molar-refractivity contribution in [2.45, 2.75) is 32.9 Å². The predicted octanol–water partition coefficient (Wildman–Crippen LogP) is 5.35. The maximum Gasteiger partial charge on any atom is 0.295 e. The molecular weight excluding hydrogens is 492 g/mol. The van der Waals surface area contributed by atoms with E-state index >= 15 is 0 Å². The number of hydrogen-bond acceptors (Lipinski definition) is 6. The summed E-state index contributed by atoms with van der Waals surface area (Å²) in [5.41, 5.74) is 3.11. The topological polar surface area (TPSA) is 79.3 Å². The Labute approximate surface area is 230 Å². The first-order valence-electron chi connectivity index (χ1n) is 13.2. The SMILES string of the molecule is CCOc1cccc(C2/C(=C(\O)c3ccc(OCc4ccccc4)c(C)c3)C(=O)C(=O)N2CCCN(C)C)c1. The monoisotopic (exact) mass is 528 g/mol. The lowest BCUT2D eigenvalue weighted by Crippen LogP contribution is -2.32. The van der Waals surface area contributed by atoms with Crippen molar-refractivity contribution in [2.75, 3.05) is 33.8 Å². The molecule has 1 amide bonds. The normalized spacial score (nSPS) is 16.6. The fourth-order valence-corrected chi connectivity index (χ4v) is 4.81. The lowest BCUT2D eigenvalue weighted by atomic mass is 9.94. The molecule has 1 saturated heterocycles. The summed E-state index contributed by atoms with van der Waals surface area (Å²) in [5.74, 6) is -0.175. The summed E-state index contributed by atoms with van der Waals surface area (Å²) in [6, 6.07) is 21.8. The van der Waals surface area contributed by atoms with Gasteiger partial charge in [-0.05, 0) is 87.9 Å². The van der Waals surface area contributed by atoms with Crippen LogP contribution in [0.15, 0.2) is 78.4 Å². The minimum atomic E-state index is -0.720. The molecule has 39 heavy (non-hydrogen) atoms. The molecule has 7 heteroatoms. The van der Waals surface area contributed by atoms with Gasteiger partial charge in [0.1, 0.15) is 23.9 Å². The van der Waals surface area contributed by atoms with Crippen molar-refractivity contribution >= 4 is 17.4 Å². The van der Waals surface area contributed by atoms with Crippen molar-refractivity contribution in [3.63, 3.8) is 0 Å². The third kappa shape index (κ3) is 6.49. The second-order valence-electron chi connectivity index (χ2n) is 9.91. The molecule has 1 N–H and O–H groups in total. The minimum Gasteiger partial charge on any atom is -0.507 e. The second kappa shape index (κ2) is 12.6. The number of amides is 1. The van der Waals surface area contributed by atoms with Gasteiger partial charge < -0.3 is 24.4 Å². The number of Topliss-reactive ketones (excluding diaryl/α,β-unsaturated/α-hetero) is 1. The summed E-state index contributed by atoms with van der Waals surface area (Å²) >= 11 is 0. The van der Waals surface area contributed by atoms with Crippen LogP contribution in [-0.2, 0) is 16.2 Å². The molecule has 0 bridgehead atoms. The van der Waals surface area contributed by atoms with Gasteiger partial charge >= 0.3 is 0 Å². The molecular formula is C32H36N2O5. The van der Waals surface area contributed by atoms with Gasteiger partial charge in [0.25, 0.3) is 11.7 Å². The van der Waals surface area contributed by atoms with E-state index in [2.05, 4.69) is 0 Å². The van der Waals surface area contributed by atoms with Gasteiger partial charge in [0, 0.05) is 12.1 Å². The first kappa shape index (κ1) is 27.9. The number of aliphatic hydroxyl groups excluding tert-OH is 1. The molecule has 4 rings (SSSR count). The number of rotatable bonds is 11. The zero-order valence-electron chi connectivity index (χ0n) is 23.0. The van der Waals surface area contributed by atoms with Crippen LogP contribution in [-0.4, -0.2) is 60.4 Å². The summed E-state index contributed by atoms with van der Waals surface area (Å²) in [5, 5.41) is 11.5. The van der Waals surface area contributed by atoms with E-state index in [0.29, 0.717) is 48.8 Å². The number of nitrogens with zero attached hydrogens (tertiary/aromatic N) is 2. The minimum absolute atomic E-state index is 0.0795. The Hall–Kier alpha value is -4.10. The van der Waals surface area contributed by atoms with Crippen molar-refractivity contribution < 1.29 is 24.2 Å². The molecule has 0 spiro atoms. The highest BCUT2D eigenvalue weighted by Crippen LogP contribution is 2.40. The third-order valence-corrected chi connectivity index (χ3v) is 6.71. The maximum atomic E-state index is 13.4. The Kier molecular flexibility index (Phi) is 9.04. The number of benzene rings is 3. The molecule has 0 aromatic heterocycles. The van der Waals surface area contributed by atoms with Crippen LogP contribution in [0.4, 0.5) is 0 Å². The van der Waals surface area contributed by atoms with Gasteiger partial charge in [-0.3, -0.25) is 9.59 Å². The first-order chi connectivity index (χ1) is 18.8. The van der Waals surface area contributed by atoms with Gasteiger partial charge in [-0.2, -0.15) is 0 Å². The molecule has 1 aliphatic heterocycles. The molecule has 1 aliphatic rings. The molecule has 3 aromatic carbocycles. The van der Waals surface area contributed by atoms with Crippen LogP contribution in [0.25, 0.3) is 5.76 Å². The lowest BCUT2D eigenvalue weighted by molar-refractivity contribution is -0.139. The Balaban J connectivity index is 1.70. The molecule has 204 valence electrons. The highest BCUT2D eigenvalue weighted by Gasteiger charge is 2.46. The number of carbonyl (C=O) groups excluding carboxylic acids is 2. The quantitative estimate of drug-likeness (QED) is 0.205. The van der Waals surface area contributed by atoms with Crippen molar-refractivity contribution in [3.05, 3.63) is 101 Å². The maximum absolute atomic E-state index is 13.4. The molecule has 1 heterocycles. The van der Waals surface area contributed by atoms with E-state index in [1.165, 1.54) is 0 Å². The van der Waals surface area contributed by atoms with E-state index in [4.69, 9.17) is 9.47 Å². The summed E-state index contributed by atoms with van der Waals surface area (Å²) in [4.78, 5) is 30.2. The van der Waals surface area contributed by atoms with Crippen LogP contribution in [0.1, 0.15) is 41.6 Å². The fourth-order valence-electron chi connectivity index (χ4n) is 4.81. The van der Waals surface area contributed by atoms with Gasteiger partial charge in [-0.15, -0.1) is 0 Å². The highest BCUT2D eigenvalue weighted by molar-refractivity contribution is 6.46. The Morgan fingerprint density at radius 3 is 2.44 bits per heavy atom. The van der Waals surface area contributed by atoms with Gasteiger partial charge in [0.15, 0.2) is 0 Å². The van der Waals surface area contributed by atoms with Crippen LogP contribution in [0, 0.1) is 6.92 Å². The highest BCUT2D eigenvalue weighted by atomic mass is 16.5. The zero-order valence-corrected chi connectivity index (χ0v) is 23.0. The van der Waals surface area contributed by atoms with Crippen molar-refractivity contribution in [2.24, 2.45) is 0 Å². The van der Waals surface area contributed by atoms with E-state index in [1.54, 1.807) is 23.1 Å². The number of ether oxygens (including phenoxy) is 2. The van der Waals surface area contributed by atoms with Crippen molar-refractivity contribution in [3.8, 4) is 11.5 Å². The van der Waals surface area contributed by atoms with E-state index < -0.39 is 17.7 Å². The average Bonchev–Trinajstić information content (AvgIpc) is 3.18. The van der Waals surface area contributed by atoms with Gasteiger partial charge in [0.05, 0.1) is 18.2 Å². The van der Waals surface area contributed by atoms with Crippen molar-refractivity contribution in [1.82, 2.24) is 9.80 Å². The molecule has 1 fully saturated rings. The smallest absolute Gasteiger partial charge is 0.295 e. The number of carbonyl (C=O) groups is 2. The molecule has 0 radical (unpaired) electrons. The van der Waals surface area contributed by atoms with Crippen LogP contribution in [0.3, 0.4) is 0 Å². The average molecular weight is 529 g/mol. The molecule has 0 aliphatic carbocycles. The van der Waals surface area contributed by atoms with Crippen LogP contribution in [0.5, 0.6) is 11.5 Å². The fraction of sp³-hybridized carbons (Fsp3) is 0.312. The van der Waals surface area contributed by atoms with E-state index in [-0.39, 0.29) is 11.3 Å². The summed E-state index contributed by atoms with van der Waals surface area (Å²) in [6.45, 7) is 5.84. The Bertz CT molecular complexity index is 1350. The van der Waals surface area contributed by atoms with E-state index in [1.807, 2.05) is 87.4 Å². The number of aryl methyl sites for hydroxylation is 1. The van der Waals surface area contributed by atoms with E-state index in [9.17, 15) is 14.7 Å². The lowest BCUT2D eigenvalue weighted by Gasteiger charge is -2.26. The summed E-state index contributed by atoms with van der Waals surface area (Å²) in [7, 11) is 3.93. The Morgan fingerprint density at radius 1 is 0.974 bits per heavy atom. The summed E-state index contributed by atoms with van der Waals surface area (Å²) in [6.07, 6.45) is 0.689. The number of likely N-dealkylation sites (tertiary alicyclic amines) is 1. The second-order valence-corrected chi connectivity index (χ2v) is 9.91. The van der Waals surface area contributed by atoms with E-state index in [0.717, 1.165) is 17.7 Å². The van der Waals surface area contributed by atoms with Crippen LogP contribution >= 0.6 is 0 Å². The standard InChI is InChI=1S/C32H36N2O5/c1-5-38-26-14-9-13-24(20-26)29-28(31(36)32(37)34(29)18-10-17-33(3)4)30(35)25-15-16-27(22(2)19-25)39-21-23-11-7-6-8-12-23/h6-9,11-16,19-20,29,35H,5,10,17-18,21H2,1-4H3/b30-28+. The predicted molar refractivity (Wildman–Crippen MR) is 152 cm³/mol. The van der Waals surface area contributed by atoms with Crippen LogP contribution < -0.4 is 9.47 Å². The molecule has 3 aromatic rings. The zero-order chi connectivity index (χ0) is 27.9. The largest absolute Gasteiger partial charge is 0.507 e.